The van der Waals surface area contributed by atoms with Crippen molar-refractivity contribution in [3.63, 3.8) is 0 Å². The first-order chi connectivity index (χ1) is 22.4. The van der Waals surface area contributed by atoms with Gasteiger partial charge in [0.05, 0.1) is 28.2 Å². The molecule has 0 bridgehead atoms. The molecule has 5 nitrogen and oxygen atoms in total. The summed E-state index contributed by atoms with van der Waals surface area (Å²) in [5, 5.41) is 0. The molecule has 0 spiro atoms. The van der Waals surface area contributed by atoms with Gasteiger partial charge in [0.25, 0.3) is 11.8 Å². The zero-order chi connectivity index (χ0) is 31.8. The van der Waals surface area contributed by atoms with E-state index < -0.39 is 0 Å². The lowest BCUT2D eigenvalue weighted by molar-refractivity contribution is 0.0925. The van der Waals surface area contributed by atoms with Crippen LogP contribution in [0.4, 0.5) is 39.8 Å². The number of nitrogens with zero attached hydrogens (tertiary/aromatic N) is 3. The van der Waals surface area contributed by atoms with Gasteiger partial charge in [0.2, 0.25) is 0 Å². The predicted molar refractivity (Wildman–Crippen MR) is 188 cm³/mol. The largest absolute Gasteiger partial charge is 0.308 e. The summed E-state index contributed by atoms with van der Waals surface area (Å²) in [4.78, 5) is 34.3. The molecule has 0 aliphatic carbocycles. The molecule has 46 heavy (non-hydrogen) atoms. The van der Waals surface area contributed by atoms with Gasteiger partial charge in [0.1, 0.15) is 0 Å². The van der Waals surface area contributed by atoms with Gasteiger partial charge in [-0.25, -0.2) is 4.90 Å². The van der Waals surface area contributed by atoms with Crippen LogP contribution in [0.15, 0.2) is 146 Å². The summed E-state index contributed by atoms with van der Waals surface area (Å²) in [6, 6.07) is 48.2. The minimum absolute atomic E-state index is 0.324. The second-order valence-corrected chi connectivity index (χ2v) is 11.6. The average Bonchev–Trinajstić information content (AvgIpc) is 3.31. The maximum absolute atomic E-state index is 14.3. The number of benzene rings is 6. The van der Waals surface area contributed by atoms with E-state index in [0.29, 0.717) is 16.8 Å². The highest BCUT2D eigenvalue weighted by Crippen LogP contribution is 2.48. The van der Waals surface area contributed by atoms with Crippen molar-refractivity contribution in [3.05, 3.63) is 173 Å². The molecular formula is C41H33N3O2. The van der Waals surface area contributed by atoms with Crippen LogP contribution < -0.4 is 14.7 Å². The summed E-state index contributed by atoms with van der Waals surface area (Å²) in [7, 11) is 0. The summed E-state index contributed by atoms with van der Waals surface area (Å²) in [5.41, 5.74) is 9.49. The van der Waals surface area contributed by atoms with Crippen molar-refractivity contribution in [2.75, 3.05) is 14.7 Å². The number of rotatable bonds is 7. The Labute approximate surface area is 269 Å². The molecular weight excluding hydrogens is 566 g/mol. The second kappa shape index (κ2) is 11.9. The first-order valence-electron chi connectivity index (χ1n) is 15.4. The van der Waals surface area contributed by atoms with E-state index in [1.54, 1.807) is 0 Å². The number of anilines is 7. The first-order valence-corrected chi connectivity index (χ1v) is 15.4. The van der Waals surface area contributed by atoms with Gasteiger partial charge in [-0.2, -0.15) is 0 Å². The molecule has 1 aliphatic rings. The van der Waals surface area contributed by atoms with Crippen molar-refractivity contribution in [1.29, 1.82) is 0 Å². The number of hydrogen-bond donors (Lipinski definition) is 0. The van der Waals surface area contributed by atoms with E-state index in [1.165, 1.54) is 4.90 Å². The van der Waals surface area contributed by atoms with Gasteiger partial charge in [0.15, 0.2) is 0 Å². The molecule has 1 aliphatic heterocycles. The van der Waals surface area contributed by atoms with Crippen LogP contribution in [-0.4, -0.2) is 11.8 Å². The van der Waals surface area contributed by atoms with Crippen LogP contribution in [0.25, 0.3) is 0 Å². The molecule has 0 radical (unpaired) electrons. The molecule has 6 aromatic carbocycles. The maximum Gasteiger partial charge on any atom is 0.266 e. The van der Waals surface area contributed by atoms with Gasteiger partial charge in [-0.05, 0) is 92.6 Å². The monoisotopic (exact) mass is 599 g/mol. The van der Waals surface area contributed by atoms with Gasteiger partial charge in [0, 0.05) is 22.7 Å². The molecule has 0 N–H and O–H groups in total. The van der Waals surface area contributed by atoms with Gasteiger partial charge in [-0.3, -0.25) is 9.59 Å². The number of carbonyl (C=O) groups is 2. The summed E-state index contributed by atoms with van der Waals surface area (Å²) in [5.74, 6) is -0.648. The van der Waals surface area contributed by atoms with E-state index in [2.05, 4.69) is 58.3 Å². The van der Waals surface area contributed by atoms with E-state index in [4.69, 9.17) is 0 Å². The van der Waals surface area contributed by atoms with Crippen molar-refractivity contribution >= 4 is 51.6 Å². The van der Waals surface area contributed by atoms with Gasteiger partial charge >= 0.3 is 0 Å². The van der Waals surface area contributed by atoms with Crippen LogP contribution in [0.5, 0.6) is 0 Å². The quantitative estimate of drug-likeness (QED) is 0.171. The number of imide groups is 1. The third-order valence-electron chi connectivity index (χ3n) is 8.38. The van der Waals surface area contributed by atoms with Crippen LogP contribution in [0, 0.1) is 20.8 Å². The Balaban J connectivity index is 1.53. The third kappa shape index (κ3) is 5.02. The van der Waals surface area contributed by atoms with Gasteiger partial charge in [-0.1, -0.05) is 90.5 Å². The highest BCUT2D eigenvalue weighted by molar-refractivity contribution is 6.35. The molecule has 6 aromatic rings. The lowest BCUT2D eigenvalue weighted by Gasteiger charge is -2.33. The third-order valence-corrected chi connectivity index (χ3v) is 8.38. The minimum atomic E-state index is -0.324. The van der Waals surface area contributed by atoms with Crippen LogP contribution in [0.2, 0.25) is 0 Å². The van der Waals surface area contributed by atoms with Crippen molar-refractivity contribution < 1.29 is 9.59 Å². The molecule has 0 saturated heterocycles. The SMILES string of the molecule is Cc1cc(C)c(N2C(=O)c3cc(N(c4ccccc4)c4ccccc4)c(N(c4ccccc4)c4ccccc4)cc3C2=O)c(C)c1. The van der Waals surface area contributed by atoms with Crippen molar-refractivity contribution in [2.45, 2.75) is 20.8 Å². The molecule has 0 unspecified atom stereocenters. The fourth-order valence-corrected chi connectivity index (χ4v) is 6.51. The highest BCUT2D eigenvalue weighted by Gasteiger charge is 2.40. The Hall–Kier alpha value is -5.94. The number of aryl methyl sites for hydroxylation is 3. The Bertz CT molecular complexity index is 1840. The Morgan fingerprint density at radius 2 is 0.739 bits per heavy atom. The summed E-state index contributed by atoms with van der Waals surface area (Å²) < 4.78 is 0. The summed E-state index contributed by atoms with van der Waals surface area (Å²) in [6.07, 6.45) is 0. The minimum Gasteiger partial charge on any atom is -0.308 e. The topological polar surface area (TPSA) is 43.9 Å². The van der Waals surface area contributed by atoms with Gasteiger partial charge in [-0.15, -0.1) is 0 Å². The molecule has 1 heterocycles. The van der Waals surface area contributed by atoms with Crippen LogP contribution >= 0.6 is 0 Å². The van der Waals surface area contributed by atoms with Crippen LogP contribution in [0.1, 0.15) is 37.4 Å². The predicted octanol–water partition coefficient (Wildman–Crippen LogP) is 10.4. The molecule has 224 valence electrons. The average molecular weight is 600 g/mol. The van der Waals surface area contributed by atoms with Crippen molar-refractivity contribution in [2.24, 2.45) is 0 Å². The van der Waals surface area contributed by atoms with E-state index in [9.17, 15) is 9.59 Å². The number of amides is 2. The summed E-state index contributed by atoms with van der Waals surface area (Å²) >= 11 is 0. The van der Waals surface area contributed by atoms with E-state index >= 15 is 0 Å². The number of carbonyl (C=O) groups excluding carboxylic acids is 2. The fourth-order valence-electron chi connectivity index (χ4n) is 6.51. The van der Waals surface area contributed by atoms with Crippen molar-refractivity contribution in [3.8, 4) is 0 Å². The highest BCUT2D eigenvalue weighted by atomic mass is 16.2. The number of para-hydroxylation sites is 4. The Kier molecular flexibility index (Phi) is 7.43. The zero-order valence-electron chi connectivity index (χ0n) is 26.0. The van der Waals surface area contributed by atoms with E-state index in [1.807, 2.05) is 118 Å². The maximum atomic E-state index is 14.3. The normalized spacial score (nSPS) is 12.3. The lowest BCUT2D eigenvalue weighted by atomic mass is 10.0. The molecule has 0 saturated carbocycles. The summed E-state index contributed by atoms with van der Waals surface area (Å²) in [6.45, 7) is 5.93. The van der Waals surface area contributed by atoms with E-state index in [-0.39, 0.29) is 11.8 Å². The van der Waals surface area contributed by atoms with E-state index in [0.717, 1.165) is 50.8 Å². The second-order valence-electron chi connectivity index (χ2n) is 11.6. The Morgan fingerprint density at radius 3 is 1.04 bits per heavy atom. The Morgan fingerprint density at radius 1 is 0.435 bits per heavy atom. The van der Waals surface area contributed by atoms with Crippen LogP contribution in [-0.2, 0) is 0 Å². The molecule has 7 rings (SSSR count). The molecule has 0 atom stereocenters. The molecule has 0 aromatic heterocycles. The molecule has 0 fully saturated rings. The number of fused-ring (bicyclic) bond motifs is 1. The first kappa shape index (κ1) is 28.8. The smallest absolute Gasteiger partial charge is 0.266 e. The standard InChI is InChI=1S/C41H33N3O2/c1-28-24-29(2)39(30(3)25-28)44-40(45)35-26-37(42(31-16-8-4-9-17-31)32-18-10-5-11-19-32)38(27-36(35)41(44)46)43(33-20-12-6-13-21-33)34-22-14-7-15-23-34/h4-27H,1-3H3. The fraction of sp³-hybridized carbons (Fsp3) is 0.0732. The van der Waals surface area contributed by atoms with Gasteiger partial charge < -0.3 is 9.80 Å². The molecule has 5 heteroatoms. The lowest BCUT2D eigenvalue weighted by Crippen LogP contribution is -2.30. The number of hydrogen-bond acceptors (Lipinski definition) is 4. The zero-order valence-corrected chi connectivity index (χ0v) is 26.0. The van der Waals surface area contributed by atoms with Crippen LogP contribution in [0.3, 0.4) is 0 Å². The van der Waals surface area contributed by atoms with Crippen molar-refractivity contribution in [1.82, 2.24) is 0 Å². The molecule has 2 amide bonds.